The molecule has 3 fully saturated rings. The Morgan fingerprint density at radius 2 is 1.25 bits per heavy atom. The number of ether oxygens (including phenoxy) is 6. The highest BCUT2D eigenvalue weighted by Crippen LogP contribution is 2.41. The molecule has 3 rings (SSSR count). The number of ketones is 1. The monoisotopic (exact) mass is 1020 g/mol. The predicted molar refractivity (Wildman–Crippen MR) is 273 cm³/mol. The SMILES string of the molecule is CCC1OC(=O)[C@H](C)[C@@H](O[C@H]2C[C@@](C)(OC)[C@@H](O)[C@H](C)O2)[C@H](C)[C@@H](O[C@@H]2O[C@H](C)C[C@H](N(C)C)[C@H]2O)[C@](C)(O)C[C@@H](C)C(=O)[C@H](C)[C@@H](O)[C@]1(C)O.CCCCCCCCCCCCCCCCCC(=O)O. The van der Waals surface area contributed by atoms with E-state index in [4.69, 9.17) is 33.5 Å². The summed E-state index contributed by atoms with van der Waals surface area (Å²) < 4.78 is 37.1. The second kappa shape index (κ2) is 31.3. The predicted octanol–water partition coefficient (Wildman–Crippen LogP) is 8.12. The molecule has 3 aliphatic heterocycles. The summed E-state index contributed by atoms with van der Waals surface area (Å²) >= 11 is 0. The molecule has 0 aromatic heterocycles. The van der Waals surface area contributed by atoms with Gasteiger partial charge in [-0.15, -0.1) is 0 Å². The first-order valence-corrected chi connectivity index (χ1v) is 27.5. The molecule has 71 heavy (non-hydrogen) atoms. The van der Waals surface area contributed by atoms with E-state index in [0.29, 0.717) is 12.8 Å². The third-order valence-corrected chi connectivity index (χ3v) is 15.8. The van der Waals surface area contributed by atoms with Gasteiger partial charge in [0.1, 0.15) is 29.7 Å². The smallest absolute Gasteiger partial charge is 0.311 e. The molecule has 18 atom stereocenters. The molecule has 6 N–H and O–H groups in total. The molecule has 418 valence electrons. The Balaban J connectivity index is 0.000000725. The minimum Gasteiger partial charge on any atom is -0.481 e. The van der Waals surface area contributed by atoms with Gasteiger partial charge in [0.25, 0.3) is 0 Å². The average molecular weight is 1020 g/mol. The number of esters is 1. The number of aliphatic hydroxyl groups is 5. The van der Waals surface area contributed by atoms with Crippen molar-refractivity contribution in [1.29, 1.82) is 0 Å². The van der Waals surface area contributed by atoms with Gasteiger partial charge in [-0.1, -0.05) is 125 Å². The summed E-state index contributed by atoms with van der Waals surface area (Å²) in [5.41, 5.74) is -4.84. The van der Waals surface area contributed by atoms with Gasteiger partial charge in [0.05, 0.1) is 47.6 Å². The van der Waals surface area contributed by atoms with Crippen LogP contribution in [0.4, 0.5) is 0 Å². The van der Waals surface area contributed by atoms with E-state index in [1.54, 1.807) is 41.5 Å². The van der Waals surface area contributed by atoms with Crippen LogP contribution in [0.15, 0.2) is 0 Å². The fraction of sp³-hybridized carbons (Fsp3) is 0.945. The van der Waals surface area contributed by atoms with Gasteiger partial charge in [-0.25, -0.2) is 0 Å². The number of rotatable bonds is 23. The number of aliphatic carboxylic acids is 1. The van der Waals surface area contributed by atoms with Crippen molar-refractivity contribution in [2.45, 2.75) is 289 Å². The highest BCUT2D eigenvalue weighted by atomic mass is 16.7. The number of hydrogen-bond donors (Lipinski definition) is 6. The normalized spacial score (nSPS) is 38.8. The number of carboxylic acids is 1. The van der Waals surface area contributed by atoms with Gasteiger partial charge >= 0.3 is 11.9 Å². The third-order valence-electron chi connectivity index (χ3n) is 15.8. The molecule has 16 nitrogen and oxygen atoms in total. The zero-order chi connectivity index (χ0) is 53.9. The first-order valence-electron chi connectivity index (χ1n) is 27.5. The molecule has 0 radical (unpaired) electrons. The number of nitrogens with zero attached hydrogens (tertiary/aromatic N) is 1. The van der Waals surface area contributed by atoms with E-state index in [0.717, 1.165) is 12.8 Å². The summed E-state index contributed by atoms with van der Waals surface area (Å²) in [6.07, 6.45) is 10.5. The standard InChI is InChI=1S/C37H67NO13.C18H36O2/c1-14-25-37(10,45)30(41)20(4)27(39)18(2)16-35(8,44)32(51-34-28(40)24(38(11)12)15-19(3)47-34)21(5)29(22(6)33(43)49-25)50-26-17-36(9,46-13)31(42)23(7)48-26;1-2-3-4-5-6-7-8-9-10-11-12-13-14-15-16-17-18(19)20/h18-26,28-32,34,40-42,44-45H,14-17H2,1-13H3;2-17H2,1H3,(H,19,20)/t18-,19-,20+,21+,22-,23+,24+,25?,26+,28-,29+,30-,31+,32-,34+,35-,36-,37-;/m1./s1. The van der Waals surface area contributed by atoms with Crippen LogP contribution in [-0.4, -0.2) is 159 Å². The van der Waals surface area contributed by atoms with Gasteiger partial charge < -0.3 is 64.0 Å². The van der Waals surface area contributed by atoms with Gasteiger partial charge in [0, 0.05) is 43.7 Å². The van der Waals surface area contributed by atoms with Crippen LogP contribution in [0.5, 0.6) is 0 Å². The quantitative estimate of drug-likeness (QED) is 0.0419. The molecule has 0 aromatic rings. The lowest BCUT2D eigenvalue weighted by Gasteiger charge is -2.49. The molecule has 3 aliphatic rings. The molecule has 0 aromatic carbocycles. The molecule has 0 amide bonds. The van der Waals surface area contributed by atoms with Gasteiger partial charge in [-0.2, -0.15) is 0 Å². The van der Waals surface area contributed by atoms with Crippen molar-refractivity contribution in [1.82, 2.24) is 4.90 Å². The van der Waals surface area contributed by atoms with Crippen LogP contribution in [-0.2, 0) is 42.8 Å². The molecule has 16 heteroatoms. The molecular formula is C55H103NO15. The van der Waals surface area contributed by atoms with E-state index in [-0.39, 0.29) is 31.4 Å². The first kappa shape index (κ1) is 65.3. The lowest BCUT2D eigenvalue weighted by Crippen LogP contribution is -2.61. The molecule has 0 saturated carbocycles. The summed E-state index contributed by atoms with van der Waals surface area (Å²) in [4.78, 5) is 40.1. The van der Waals surface area contributed by atoms with Gasteiger partial charge in [-0.3, -0.25) is 14.4 Å². The van der Waals surface area contributed by atoms with Crippen molar-refractivity contribution < 1.29 is 73.4 Å². The first-order chi connectivity index (χ1) is 33.2. The summed E-state index contributed by atoms with van der Waals surface area (Å²) in [7, 11) is 5.18. The number of likely N-dealkylation sites (N-methyl/N-ethyl adjacent to an activating group) is 1. The zero-order valence-corrected chi connectivity index (χ0v) is 46.6. The lowest BCUT2D eigenvalue weighted by molar-refractivity contribution is -0.318. The molecule has 3 heterocycles. The average Bonchev–Trinajstić information content (AvgIpc) is 3.31. The second-order valence-corrected chi connectivity index (χ2v) is 22.6. The Bertz CT molecular complexity index is 1530. The number of carbonyl (C=O) groups is 3. The van der Waals surface area contributed by atoms with Crippen LogP contribution in [0.3, 0.4) is 0 Å². The van der Waals surface area contributed by atoms with Crippen LogP contribution in [0.25, 0.3) is 0 Å². The maximum Gasteiger partial charge on any atom is 0.311 e. The van der Waals surface area contributed by atoms with Crippen molar-refractivity contribution in [2.24, 2.45) is 23.7 Å². The Labute approximate surface area is 428 Å². The molecule has 3 saturated heterocycles. The molecular weight excluding hydrogens is 915 g/mol. The summed E-state index contributed by atoms with van der Waals surface area (Å²) in [5.74, 6) is -5.63. The van der Waals surface area contributed by atoms with Crippen LogP contribution in [0, 0.1) is 23.7 Å². The summed E-state index contributed by atoms with van der Waals surface area (Å²) in [6.45, 7) is 18.6. The van der Waals surface area contributed by atoms with Crippen molar-refractivity contribution >= 4 is 17.7 Å². The van der Waals surface area contributed by atoms with Crippen molar-refractivity contribution in [2.75, 3.05) is 21.2 Å². The van der Waals surface area contributed by atoms with E-state index in [9.17, 15) is 39.9 Å². The van der Waals surface area contributed by atoms with E-state index in [2.05, 4.69) is 6.92 Å². The van der Waals surface area contributed by atoms with Crippen LogP contribution in [0.1, 0.15) is 205 Å². The van der Waals surface area contributed by atoms with Gasteiger partial charge in [0.15, 0.2) is 12.6 Å². The fourth-order valence-corrected chi connectivity index (χ4v) is 11.1. The number of cyclic esters (lactones) is 1. The molecule has 1 unspecified atom stereocenters. The number of unbranched alkanes of at least 4 members (excludes halogenated alkanes) is 14. The molecule has 0 spiro atoms. The van der Waals surface area contributed by atoms with Crippen molar-refractivity contribution in [3.05, 3.63) is 0 Å². The van der Waals surface area contributed by atoms with Gasteiger partial charge in [-0.05, 0) is 81.3 Å². The maximum atomic E-state index is 14.1. The number of carboxylic acid groups (broad SMARTS) is 1. The van der Waals surface area contributed by atoms with Gasteiger partial charge in [0.2, 0.25) is 0 Å². The Morgan fingerprint density at radius 3 is 1.73 bits per heavy atom. The molecule has 0 bridgehead atoms. The van der Waals surface area contributed by atoms with Crippen LogP contribution >= 0.6 is 0 Å². The summed E-state index contributed by atoms with van der Waals surface area (Å²) in [6, 6.07) is -0.324. The minimum absolute atomic E-state index is 0.0936. The molecule has 0 aliphatic carbocycles. The van der Waals surface area contributed by atoms with E-state index in [1.165, 1.54) is 111 Å². The highest BCUT2D eigenvalue weighted by Gasteiger charge is 2.53. The topological polar surface area (TPSA) is 231 Å². The lowest BCUT2D eigenvalue weighted by atomic mass is 9.74. The number of carbonyl (C=O) groups excluding carboxylic acids is 2. The fourth-order valence-electron chi connectivity index (χ4n) is 11.1. The largest absolute Gasteiger partial charge is 0.481 e. The maximum absolute atomic E-state index is 14.1. The summed E-state index contributed by atoms with van der Waals surface area (Å²) in [5, 5.41) is 66.1. The Hall–Kier alpha value is -1.83. The number of aliphatic hydroxyl groups excluding tert-OH is 3. The number of Topliss-reactive ketones (excluding diaryl/α,β-unsaturated/α-hetero) is 1. The van der Waals surface area contributed by atoms with Crippen molar-refractivity contribution in [3.8, 4) is 0 Å². The van der Waals surface area contributed by atoms with E-state index in [1.807, 2.05) is 25.9 Å². The Morgan fingerprint density at radius 1 is 0.732 bits per heavy atom. The zero-order valence-electron chi connectivity index (χ0n) is 46.6. The number of methoxy groups -OCH3 is 1. The van der Waals surface area contributed by atoms with E-state index < -0.39 is 114 Å². The van der Waals surface area contributed by atoms with Crippen LogP contribution < -0.4 is 0 Å². The minimum atomic E-state index is -1.99. The second-order valence-electron chi connectivity index (χ2n) is 22.6. The third kappa shape index (κ3) is 20.0. The van der Waals surface area contributed by atoms with Crippen molar-refractivity contribution in [3.63, 3.8) is 0 Å². The van der Waals surface area contributed by atoms with Crippen LogP contribution in [0.2, 0.25) is 0 Å². The number of hydrogen-bond acceptors (Lipinski definition) is 15. The Kier molecular flexibility index (Phi) is 28.8. The highest BCUT2D eigenvalue weighted by molar-refractivity contribution is 5.83. The van der Waals surface area contributed by atoms with E-state index >= 15 is 0 Å².